The number of ketones is 1. The molecule has 0 radical (unpaired) electrons. The molecule has 24 heavy (non-hydrogen) atoms. The largest absolute Gasteiger partial charge is 0.384 e. The van der Waals surface area contributed by atoms with Gasteiger partial charge in [-0.25, -0.2) is 9.00 Å². The van der Waals surface area contributed by atoms with Gasteiger partial charge in [0.1, 0.15) is 11.4 Å². The van der Waals surface area contributed by atoms with Crippen LogP contribution in [0.15, 0.2) is 33.9 Å². The van der Waals surface area contributed by atoms with Crippen molar-refractivity contribution in [2.45, 2.75) is 0 Å². The van der Waals surface area contributed by atoms with Gasteiger partial charge in [0, 0.05) is 25.3 Å². The molecule has 0 saturated carbocycles. The number of nitrogens with one attached hydrogen (secondary N) is 2. The Morgan fingerprint density at radius 2 is 1.83 bits per heavy atom. The Balaban J connectivity index is 2.54. The molecule has 2 rings (SSSR count). The molecule has 1 aromatic carbocycles. The van der Waals surface area contributed by atoms with E-state index in [9.17, 15) is 18.6 Å². The van der Waals surface area contributed by atoms with Crippen molar-refractivity contribution < 1.29 is 13.6 Å². The van der Waals surface area contributed by atoms with Gasteiger partial charge in [-0.05, 0) is 24.3 Å². The molecule has 1 atom stereocenters. The number of benzene rings is 1. The molecule has 0 amide bonds. The number of rotatable bonds is 5. The lowest BCUT2D eigenvalue weighted by molar-refractivity contribution is 0.103. The van der Waals surface area contributed by atoms with E-state index in [2.05, 4.69) is 10.1 Å². The Morgan fingerprint density at radius 1 is 1.25 bits per heavy atom. The van der Waals surface area contributed by atoms with E-state index < -0.39 is 28.3 Å². The lowest BCUT2D eigenvalue weighted by Gasteiger charge is -2.12. The maximum Gasteiger partial charge on any atom is 0.351 e. The molecule has 0 fully saturated rings. The predicted molar refractivity (Wildman–Crippen MR) is 89.9 cm³/mol. The number of carbonyl (C=O) groups is 1. The summed E-state index contributed by atoms with van der Waals surface area (Å²) in [5.41, 5.74) is 6.69. The second kappa shape index (κ2) is 6.68. The van der Waals surface area contributed by atoms with Crippen LogP contribution in [0.5, 0.6) is 0 Å². The first-order valence-electron chi connectivity index (χ1n) is 6.59. The van der Waals surface area contributed by atoms with E-state index in [4.69, 9.17) is 10.3 Å². The molecular formula is C13H15N5O5S. The molecule has 5 N–H and O–H groups in total. The number of nitrogens with zero attached hydrogens (tertiary/aromatic N) is 2. The quantitative estimate of drug-likeness (QED) is 0.401. The van der Waals surface area contributed by atoms with E-state index in [0.717, 1.165) is 4.57 Å². The zero-order valence-corrected chi connectivity index (χ0v) is 13.6. The van der Waals surface area contributed by atoms with Crippen molar-refractivity contribution in [3.05, 3.63) is 56.2 Å². The van der Waals surface area contributed by atoms with Gasteiger partial charge in [0.15, 0.2) is 0 Å². The molecule has 0 aliphatic heterocycles. The molecule has 11 heteroatoms. The summed E-state index contributed by atoms with van der Waals surface area (Å²) in [5.74, 6) is -0.922. The Hall–Kier alpha value is -2.92. The molecule has 128 valence electrons. The van der Waals surface area contributed by atoms with Gasteiger partial charge < -0.3 is 11.2 Å². The van der Waals surface area contributed by atoms with Crippen molar-refractivity contribution in [1.29, 1.82) is 0 Å². The van der Waals surface area contributed by atoms with Crippen LogP contribution in [-0.2, 0) is 18.3 Å². The Kier molecular flexibility index (Phi) is 4.85. The van der Waals surface area contributed by atoms with Crippen molar-refractivity contribution >= 4 is 28.6 Å². The molecule has 1 heterocycles. The van der Waals surface area contributed by atoms with Crippen molar-refractivity contribution in [1.82, 2.24) is 9.24 Å². The number of hydrogen-bond acceptors (Lipinski definition) is 6. The highest BCUT2D eigenvalue weighted by Gasteiger charge is 2.22. The predicted octanol–water partition coefficient (Wildman–Crippen LogP) is -0.918. The van der Waals surface area contributed by atoms with Gasteiger partial charge in [0.05, 0.1) is 0 Å². The third-order valence-corrected chi connectivity index (χ3v) is 3.73. The van der Waals surface area contributed by atoms with E-state index in [-0.39, 0.29) is 16.9 Å². The van der Waals surface area contributed by atoms with E-state index in [1.54, 1.807) is 0 Å². The molecule has 0 aliphatic rings. The summed E-state index contributed by atoms with van der Waals surface area (Å²) in [5, 5.41) is 0. The van der Waals surface area contributed by atoms with Crippen molar-refractivity contribution in [3.8, 4) is 0 Å². The van der Waals surface area contributed by atoms with Gasteiger partial charge in [0.2, 0.25) is 5.78 Å². The first kappa shape index (κ1) is 17.4. The molecule has 1 aromatic heterocycles. The maximum atomic E-state index is 12.6. The highest BCUT2D eigenvalue weighted by Crippen LogP contribution is 2.15. The van der Waals surface area contributed by atoms with E-state index in [1.165, 1.54) is 38.4 Å². The smallest absolute Gasteiger partial charge is 0.351 e. The van der Waals surface area contributed by atoms with Crippen LogP contribution >= 0.6 is 0 Å². The van der Waals surface area contributed by atoms with Crippen LogP contribution in [0.4, 0.5) is 11.5 Å². The second-order valence-electron chi connectivity index (χ2n) is 4.72. The van der Waals surface area contributed by atoms with Gasteiger partial charge in [-0.15, -0.1) is 0 Å². The SMILES string of the molecule is CNn1c(=O)c(C(=O)c2ccc(NS(=O)O)cc2)c(N)n(C)c1=O. The molecule has 2 aromatic rings. The summed E-state index contributed by atoms with van der Waals surface area (Å²) in [6.07, 6.45) is 0. The van der Waals surface area contributed by atoms with Gasteiger partial charge in [-0.2, -0.15) is 4.68 Å². The molecule has 0 saturated heterocycles. The summed E-state index contributed by atoms with van der Waals surface area (Å²) < 4.78 is 23.3. The first-order valence-corrected chi connectivity index (χ1v) is 7.70. The fraction of sp³-hybridized carbons (Fsp3) is 0.154. The monoisotopic (exact) mass is 353 g/mol. The lowest BCUT2D eigenvalue weighted by Crippen LogP contribution is -2.46. The zero-order chi connectivity index (χ0) is 18.0. The number of hydrogen-bond donors (Lipinski definition) is 4. The van der Waals surface area contributed by atoms with E-state index in [0.29, 0.717) is 10.4 Å². The Labute approximate surface area is 138 Å². The van der Waals surface area contributed by atoms with Crippen LogP contribution in [-0.4, -0.2) is 30.8 Å². The van der Waals surface area contributed by atoms with Crippen LogP contribution in [0.2, 0.25) is 0 Å². The number of nitrogen functional groups attached to an aromatic ring is 1. The summed E-state index contributed by atoms with van der Waals surface area (Å²) in [6, 6.07) is 5.53. The number of aromatic nitrogens is 2. The topological polar surface area (TPSA) is 148 Å². The standard InChI is InChI=1S/C13H15N5O5S/c1-15-18-12(20)9(11(14)17(2)13(18)21)10(19)7-3-5-8(6-4-7)16-24(22)23/h3-6,15-16H,14H2,1-2H3,(H,22,23). The maximum absolute atomic E-state index is 12.6. The highest BCUT2D eigenvalue weighted by atomic mass is 32.2. The normalized spacial score (nSPS) is 11.8. The average molecular weight is 353 g/mol. The number of carbonyl (C=O) groups excluding carboxylic acids is 1. The lowest BCUT2D eigenvalue weighted by atomic mass is 10.0. The minimum Gasteiger partial charge on any atom is -0.384 e. The molecule has 0 aliphatic carbocycles. The number of anilines is 2. The molecule has 0 bridgehead atoms. The minimum absolute atomic E-state index is 0.134. The van der Waals surface area contributed by atoms with Crippen LogP contribution in [0.3, 0.4) is 0 Å². The highest BCUT2D eigenvalue weighted by molar-refractivity contribution is 7.80. The van der Waals surface area contributed by atoms with Gasteiger partial charge in [-0.1, -0.05) is 0 Å². The fourth-order valence-electron chi connectivity index (χ4n) is 2.07. The zero-order valence-electron chi connectivity index (χ0n) is 12.8. The van der Waals surface area contributed by atoms with Gasteiger partial charge in [-0.3, -0.25) is 23.4 Å². The molecule has 1 unspecified atom stereocenters. The van der Waals surface area contributed by atoms with Crippen molar-refractivity contribution in [2.75, 3.05) is 22.9 Å². The van der Waals surface area contributed by atoms with Crippen molar-refractivity contribution in [2.24, 2.45) is 7.05 Å². The Bertz CT molecular complexity index is 931. The fourth-order valence-corrected chi connectivity index (χ4v) is 2.41. The van der Waals surface area contributed by atoms with Crippen LogP contribution in [0, 0.1) is 0 Å². The summed E-state index contributed by atoms with van der Waals surface area (Å²) >= 11 is -2.24. The average Bonchev–Trinajstić information content (AvgIpc) is 2.53. The molecule has 0 spiro atoms. The van der Waals surface area contributed by atoms with Gasteiger partial charge in [0.25, 0.3) is 16.8 Å². The number of nitrogens with two attached hydrogens (primary N) is 1. The van der Waals surface area contributed by atoms with Gasteiger partial charge >= 0.3 is 5.69 Å². The van der Waals surface area contributed by atoms with Crippen LogP contribution < -0.4 is 27.1 Å². The summed E-state index contributed by atoms with van der Waals surface area (Å²) in [6.45, 7) is 0. The molecule has 10 nitrogen and oxygen atoms in total. The van der Waals surface area contributed by atoms with Crippen molar-refractivity contribution in [3.63, 3.8) is 0 Å². The third kappa shape index (κ3) is 3.07. The Morgan fingerprint density at radius 3 is 2.33 bits per heavy atom. The van der Waals surface area contributed by atoms with E-state index in [1.807, 2.05) is 0 Å². The van der Waals surface area contributed by atoms with Crippen LogP contribution in [0.25, 0.3) is 0 Å². The van der Waals surface area contributed by atoms with E-state index >= 15 is 0 Å². The second-order valence-corrected chi connectivity index (χ2v) is 5.43. The third-order valence-electron chi connectivity index (χ3n) is 3.32. The summed E-state index contributed by atoms with van der Waals surface area (Å²) in [7, 11) is 2.70. The molecular weight excluding hydrogens is 338 g/mol. The first-order chi connectivity index (χ1) is 11.3. The minimum atomic E-state index is -2.24. The van der Waals surface area contributed by atoms with Crippen LogP contribution in [0.1, 0.15) is 15.9 Å². The summed E-state index contributed by atoms with van der Waals surface area (Å²) in [4.78, 5) is 36.8.